The van der Waals surface area contributed by atoms with Crippen LogP contribution < -0.4 is 0 Å². The van der Waals surface area contributed by atoms with Crippen LogP contribution in [0.4, 0.5) is 0 Å². The van der Waals surface area contributed by atoms with Gasteiger partial charge in [0.15, 0.2) is 5.78 Å². The van der Waals surface area contributed by atoms with E-state index < -0.39 is 0 Å². The highest BCUT2D eigenvalue weighted by molar-refractivity contribution is 5.99. The molecule has 0 aliphatic carbocycles. The van der Waals surface area contributed by atoms with Crippen LogP contribution in [0.15, 0.2) is 24.3 Å². The molecule has 1 aromatic rings. The molecule has 0 aliphatic heterocycles. The van der Waals surface area contributed by atoms with Gasteiger partial charge in [-0.15, -0.1) is 6.58 Å². The summed E-state index contributed by atoms with van der Waals surface area (Å²) in [7, 11) is 0. The van der Waals surface area contributed by atoms with Gasteiger partial charge in [-0.2, -0.15) is 0 Å². The van der Waals surface area contributed by atoms with Gasteiger partial charge in [-0.3, -0.25) is 4.79 Å². The van der Waals surface area contributed by atoms with Crippen molar-refractivity contribution in [2.24, 2.45) is 0 Å². The molecule has 0 unspecified atom stereocenters. The Balaban J connectivity index is 2.72. The number of Topliss-reactive ketones (excluding diaryl/α,β-unsaturated/α-hetero) is 1. The maximum atomic E-state index is 12.3. The number of rotatable bonds is 10. The summed E-state index contributed by atoms with van der Waals surface area (Å²) >= 11 is 0. The summed E-state index contributed by atoms with van der Waals surface area (Å²) in [6.45, 7) is 7.91. The molecule has 0 atom stereocenters. The molecule has 0 aliphatic rings. The van der Waals surface area contributed by atoms with Crippen molar-refractivity contribution in [1.82, 2.24) is 0 Å². The second-order valence-corrected chi connectivity index (χ2v) is 6.05. The highest BCUT2D eigenvalue weighted by Crippen LogP contribution is 2.30. The Morgan fingerprint density at radius 1 is 1.09 bits per heavy atom. The number of hydrogen-bond donors (Lipinski definition) is 2. The third-order valence-electron chi connectivity index (χ3n) is 3.80. The van der Waals surface area contributed by atoms with E-state index in [4.69, 9.17) is 0 Å². The maximum absolute atomic E-state index is 12.3. The number of hydrogen-bond acceptors (Lipinski definition) is 3. The van der Waals surface area contributed by atoms with Crippen LogP contribution in [0.1, 0.15) is 74.7 Å². The first-order valence-corrected chi connectivity index (χ1v) is 8.18. The van der Waals surface area contributed by atoms with Gasteiger partial charge in [0.2, 0.25) is 0 Å². The quantitative estimate of drug-likeness (QED) is 0.272. The van der Waals surface area contributed by atoms with Gasteiger partial charge < -0.3 is 10.2 Å². The van der Waals surface area contributed by atoms with E-state index in [1.807, 2.05) is 6.92 Å². The van der Waals surface area contributed by atoms with E-state index in [-0.39, 0.29) is 22.8 Å². The van der Waals surface area contributed by atoms with E-state index in [0.717, 1.165) is 31.3 Å². The molecule has 1 aromatic carbocycles. The van der Waals surface area contributed by atoms with E-state index in [2.05, 4.69) is 13.5 Å². The van der Waals surface area contributed by atoms with Gasteiger partial charge in [0.1, 0.15) is 11.5 Å². The summed E-state index contributed by atoms with van der Waals surface area (Å²) in [6, 6.07) is 2.89. The van der Waals surface area contributed by atoms with E-state index in [9.17, 15) is 15.0 Å². The number of aromatic hydroxyl groups is 2. The first-order valence-electron chi connectivity index (χ1n) is 8.18. The molecule has 0 radical (unpaired) electrons. The van der Waals surface area contributed by atoms with Gasteiger partial charge >= 0.3 is 0 Å². The van der Waals surface area contributed by atoms with Crippen LogP contribution in [-0.2, 0) is 6.42 Å². The minimum atomic E-state index is -0.0959. The standard InChI is InChI=1S/C19H28O3/c1-4-5-6-7-8-9-18(21)17-13-16(20)12-15(19(17)22)11-10-14(2)3/h12-13,20,22H,2,4-11H2,1,3H3. The highest BCUT2D eigenvalue weighted by atomic mass is 16.3. The molecule has 0 fully saturated rings. The van der Waals surface area contributed by atoms with E-state index in [1.54, 1.807) is 0 Å². The minimum absolute atomic E-state index is 0.0117. The fourth-order valence-corrected chi connectivity index (χ4v) is 2.45. The fourth-order valence-electron chi connectivity index (χ4n) is 2.45. The lowest BCUT2D eigenvalue weighted by Gasteiger charge is -2.10. The van der Waals surface area contributed by atoms with Crippen molar-refractivity contribution in [2.45, 2.75) is 65.2 Å². The van der Waals surface area contributed by atoms with Gasteiger partial charge in [0.05, 0.1) is 5.56 Å². The van der Waals surface area contributed by atoms with Gasteiger partial charge in [-0.1, -0.05) is 38.2 Å². The summed E-state index contributed by atoms with van der Waals surface area (Å²) in [5.41, 5.74) is 1.86. The van der Waals surface area contributed by atoms with Crippen molar-refractivity contribution >= 4 is 5.78 Å². The molecule has 1 rings (SSSR count). The van der Waals surface area contributed by atoms with Crippen LogP contribution in [0.3, 0.4) is 0 Å². The molecule has 0 saturated heterocycles. The van der Waals surface area contributed by atoms with Crippen LogP contribution in [0, 0.1) is 0 Å². The van der Waals surface area contributed by atoms with Crippen LogP contribution >= 0.6 is 0 Å². The zero-order chi connectivity index (χ0) is 16.5. The largest absolute Gasteiger partial charge is 0.508 e. The highest BCUT2D eigenvalue weighted by Gasteiger charge is 2.16. The second-order valence-electron chi connectivity index (χ2n) is 6.05. The Labute approximate surface area is 133 Å². The average molecular weight is 304 g/mol. The normalized spacial score (nSPS) is 10.6. The van der Waals surface area contributed by atoms with Crippen LogP contribution in [0.5, 0.6) is 11.5 Å². The lowest BCUT2D eigenvalue weighted by atomic mass is 9.97. The topological polar surface area (TPSA) is 57.5 Å². The van der Waals surface area contributed by atoms with Crippen molar-refractivity contribution in [3.63, 3.8) is 0 Å². The predicted octanol–water partition coefficient (Wildman–Crippen LogP) is 5.15. The minimum Gasteiger partial charge on any atom is -0.508 e. The van der Waals surface area contributed by atoms with E-state index in [1.165, 1.54) is 25.0 Å². The number of carbonyl (C=O) groups is 1. The molecule has 2 N–H and O–H groups in total. The van der Waals surface area contributed by atoms with Crippen LogP contribution in [0.2, 0.25) is 0 Å². The zero-order valence-electron chi connectivity index (χ0n) is 13.8. The SMILES string of the molecule is C=C(C)CCc1cc(O)cc(C(=O)CCCCCCC)c1O. The third kappa shape index (κ3) is 5.92. The van der Waals surface area contributed by atoms with Crippen molar-refractivity contribution in [3.05, 3.63) is 35.4 Å². The third-order valence-corrected chi connectivity index (χ3v) is 3.80. The molecule has 22 heavy (non-hydrogen) atoms. The zero-order valence-corrected chi connectivity index (χ0v) is 13.8. The summed E-state index contributed by atoms with van der Waals surface area (Å²) in [4.78, 5) is 12.3. The number of benzene rings is 1. The summed E-state index contributed by atoms with van der Waals surface area (Å²) in [5, 5.41) is 20.1. The molecule has 0 aromatic heterocycles. The fraction of sp³-hybridized carbons (Fsp3) is 0.526. The Bertz CT molecular complexity index is 518. The van der Waals surface area contributed by atoms with Crippen molar-refractivity contribution in [1.29, 1.82) is 0 Å². The molecule has 0 spiro atoms. The predicted molar refractivity (Wildman–Crippen MR) is 90.6 cm³/mol. The smallest absolute Gasteiger partial charge is 0.166 e. The average Bonchev–Trinajstić information content (AvgIpc) is 2.47. The molecular formula is C19H28O3. The Morgan fingerprint density at radius 3 is 2.41 bits per heavy atom. The molecule has 0 amide bonds. The van der Waals surface area contributed by atoms with Crippen molar-refractivity contribution < 1.29 is 15.0 Å². The lowest BCUT2D eigenvalue weighted by Crippen LogP contribution is -2.02. The van der Waals surface area contributed by atoms with Gasteiger partial charge in [-0.05, 0) is 43.9 Å². The van der Waals surface area contributed by atoms with Crippen molar-refractivity contribution in [3.8, 4) is 11.5 Å². The van der Waals surface area contributed by atoms with Crippen LogP contribution in [-0.4, -0.2) is 16.0 Å². The van der Waals surface area contributed by atoms with E-state index in [0.29, 0.717) is 18.4 Å². The van der Waals surface area contributed by atoms with E-state index >= 15 is 0 Å². The lowest BCUT2D eigenvalue weighted by molar-refractivity contribution is 0.0976. The molecule has 0 saturated carbocycles. The number of aryl methyl sites for hydroxylation is 1. The molecule has 0 heterocycles. The monoisotopic (exact) mass is 304 g/mol. The Morgan fingerprint density at radius 2 is 1.77 bits per heavy atom. The van der Waals surface area contributed by atoms with Crippen molar-refractivity contribution in [2.75, 3.05) is 0 Å². The Kier molecular flexibility index (Phi) is 7.72. The van der Waals surface area contributed by atoms with Crippen LogP contribution in [0.25, 0.3) is 0 Å². The number of phenolic OH excluding ortho intramolecular Hbond substituents is 2. The number of phenols is 2. The number of allylic oxidation sites excluding steroid dienone is 1. The summed E-state index contributed by atoms with van der Waals surface area (Å²) in [6.07, 6.45) is 7.08. The molecule has 3 heteroatoms. The molecule has 122 valence electrons. The maximum Gasteiger partial charge on any atom is 0.166 e. The molecule has 0 bridgehead atoms. The summed E-state index contributed by atoms with van der Waals surface area (Å²) in [5.74, 6) is -0.0528. The number of carbonyl (C=O) groups excluding carboxylic acids is 1. The second kappa shape index (κ2) is 9.29. The first-order chi connectivity index (χ1) is 10.5. The van der Waals surface area contributed by atoms with Gasteiger partial charge in [0, 0.05) is 6.42 Å². The summed E-state index contributed by atoms with van der Waals surface area (Å²) < 4.78 is 0. The molecular weight excluding hydrogens is 276 g/mol. The Hall–Kier alpha value is -1.77. The number of ketones is 1. The molecule has 3 nitrogen and oxygen atoms in total. The van der Waals surface area contributed by atoms with Gasteiger partial charge in [0.25, 0.3) is 0 Å². The first kappa shape index (κ1) is 18.3. The van der Waals surface area contributed by atoms with Gasteiger partial charge in [-0.25, -0.2) is 0 Å². The number of unbranched alkanes of at least 4 members (excludes halogenated alkanes) is 4.